The minimum Gasteiger partial charge on any atom is -0.322 e. The number of nitro groups is 1. The number of rotatable bonds is 3. The summed E-state index contributed by atoms with van der Waals surface area (Å²) in [5.74, 6) is -0.360. The van der Waals surface area contributed by atoms with E-state index in [4.69, 9.17) is 0 Å². The van der Waals surface area contributed by atoms with Crippen LogP contribution < -0.4 is 5.32 Å². The smallest absolute Gasteiger partial charge is 0.270 e. The summed E-state index contributed by atoms with van der Waals surface area (Å²) in [6, 6.07) is 11.8. The van der Waals surface area contributed by atoms with E-state index in [2.05, 4.69) is 26.1 Å². The van der Waals surface area contributed by atoms with Gasteiger partial charge in [-0.05, 0) is 51.8 Å². The number of hydrogen-bond donors (Lipinski definition) is 1. The Morgan fingerprint density at radius 3 is 2.26 bits per heavy atom. The lowest BCUT2D eigenvalue weighted by Gasteiger charge is -2.19. The Kier molecular flexibility index (Phi) is 5.03. The van der Waals surface area contributed by atoms with E-state index in [1.807, 2.05) is 46.9 Å². The maximum Gasteiger partial charge on any atom is 0.270 e. The molecule has 2 aromatic carbocycles. The molecule has 0 saturated heterocycles. The third-order valence-corrected chi connectivity index (χ3v) is 4.35. The van der Waals surface area contributed by atoms with Crippen molar-refractivity contribution in [3.05, 3.63) is 67.3 Å². The SMILES string of the molecule is CC(C)(C)c1ccc(NC(=O)c2cc([N+](=O)[O-])ccc2I)cc1. The monoisotopic (exact) mass is 424 g/mol. The number of hydrogen-bond acceptors (Lipinski definition) is 3. The van der Waals surface area contributed by atoms with Crippen molar-refractivity contribution in [1.29, 1.82) is 0 Å². The summed E-state index contributed by atoms with van der Waals surface area (Å²) in [4.78, 5) is 22.7. The molecule has 0 unspecified atom stereocenters. The highest BCUT2D eigenvalue weighted by molar-refractivity contribution is 14.1. The second kappa shape index (κ2) is 6.66. The van der Waals surface area contributed by atoms with E-state index in [-0.39, 0.29) is 17.0 Å². The fourth-order valence-corrected chi connectivity index (χ4v) is 2.63. The van der Waals surface area contributed by atoms with Gasteiger partial charge in [-0.2, -0.15) is 0 Å². The molecule has 0 saturated carbocycles. The van der Waals surface area contributed by atoms with Crippen LogP contribution in [0.3, 0.4) is 0 Å². The summed E-state index contributed by atoms with van der Waals surface area (Å²) < 4.78 is 0.664. The third-order valence-electron chi connectivity index (χ3n) is 3.41. The maximum absolute atomic E-state index is 12.4. The standard InChI is InChI=1S/C17H17IN2O3/c1-17(2,3)11-4-6-12(7-5-11)19-16(21)14-10-13(20(22)23)8-9-15(14)18/h4-10H,1-3H3,(H,19,21). The van der Waals surface area contributed by atoms with Gasteiger partial charge in [0, 0.05) is 21.4 Å². The van der Waals surface area contributed by atoms with Crippen LogP contribution in [0, 0.1) is 13.7 Å². The van der Waals surface area contributed by atoms with E-state index < -0.39 is 4.92 Å². The van der Waals surface area contributed by atoms with Gasteiger partial charge in [0.1, 0.15) is 0 Å². The van der Waals surface area contributed by atoms with Crippen LogP contribution >= 0.6 is 22.6 Å². The highest BCUT2D eigenvalue weighted by atomic mass is 127. The van der Waals surface area contributed by atoms with Crippen LogP contribution in [0.4, 0.5) is 11.4 Å². The van der Waals surface area contributed by atoms with Crippen LogP contribution in [0.15, 0.2) is 42.5 Å². The zero-order valence-electron chi connectivity index (χ0n) is 13.1. The molecule has 0 spiro atoms. The molecule has 0 fully saturated rings. The molecule has 5 nitrogen and oxygen atoms in total. The molecule has 0 heterocycles. The number of anilines is 1. The quantitative estimate of drug-likeness (QED) is 0.439. The van der Waals surface area contributed by atoms with Crippen molar-refractivity contribution < 1.29 is 9.72 Å². The summed E-state index contributed by atoms with van der Waals surface area (Å²) in [5, 5.41) is 13.6. The lowest BCUT2D eigenvalue weighted by atomic mass is 9.87. The second-order valence-electron chi connectivity index (χ2n) is 6.20. The number of amides is 1. The van der Waals surface area contributed by atoms with Crippen molar-refractivity contribution in [3.63, 3.8) is 0 Å². The lowest BCUT2D eigenvalue weighted by Crippen LogP contribution is -2.15. The van der Waals surface area contributed by atoms with E-state index in [1.54, 1.807) is 6.07 Å². The van der Waals surface area contributed by atoms with Gasteiger partial charge in [-0.3, -0.25) is 14.9 Å². The van der Waals surface area contributed by atoms with Crippen molar-refractivity contribution in [3.8, 4) is 0 Å². The van der Waals surface area contributed by atoms with E-state index in [0.717, 1.165) is 0 Å². The number of halogens is 1. The molecule has 1 N–H and O–H groups in total. The average Bonchev–Trinajstić information content (AvgIpc) is 2.47. The highest BCUT2D eigenvalue weighted by Gasteiger charge is 2.17. The number of benzene rings is 2. The molecule has 6 heteroatoms. The Hall–Kier alpha value is -1.96. The molecular weight excluding hydrogens is 407 g/mol. The molecule has 0 aliphatic heterocycles. The number of nitrogens with zero attached hydrogens (tertiary/aromatic N) is 1. The van der Waals surface area contributed by atoms with Crippen LogP contribution in [0.2, 0.25) is 0 Å². The van der Waals surface area contributed by atoms with E-state index >= 15 is 0 Å². The zero-order valence-corrected chi connectivity index (χ0v) is 15.2. The molecule has 23 heavy (non-hydrogen) atoms. The summed E-state index contributed by atoms with van der Waals surface area (Å²) in [6.45, 7) is 6.35. The number of carbonyl (C=O) groups is 1. The fourth-order valence-electron chi connectivity index (χ4n) is 2.05. The van der Waals surface area contributed by atoms with Crippen LogP contribution in [0.5, 0.6) is 0 Å². The van der Waals surface area contributed by atoms with Gasteiger partial charge in [-0.1, -0.05) is 32.9 Å². The Morgan fingerprint density at radius 1 is 1.13 bits per heavy atom. The minimum atomic E-state index is -0.509. The molecule has 0 atom stereocenters. The van der Waals surface area contributed by atoms with Crippen molar-refractivity contribution >= 4 is 39.9 Å². The van der Waals surface area contributed by atoms with E-state index in [9.17, 15) is 14.9 Å². The van der Waals surface area contributed by atoms with Gasteiger partial charge < -0.3 is 5.32 Å². The summed E-state index contributed by atoms with van der Waals surface area (Å²) in [6.07, 6.45) is 0. The van der Waals surface area contributed by atoms with Crippen LogP contribution in [-0.4, -0.2) is 10.8 Å². The largest absolute Gasteiger partial charge is 0.322 e. The first-order valence-corrected chi connectivity index (χ1v) is 8.12. The molecule has 0 aromatic heterocycles. The van der Waals surface area contributed by atoms with Gasteiger partial charge in [0.05, 0.1) is 10.5 Å². The molecule has 1 amide bonds. The second-order valence-corrected chi connectivity index (χ2v) is 7.36. The number of carbonyl (C=O) groups excluding carboxylic acids is 1. The Bertz CT molecular complexity index is 749. The minimum absolute atomic E-state index is 0.0396. The van der Waals surface area contributed by atoms with Gasteiger partial charge in [0.25, 0.3) is 11.6 Å². The first-order chi connectivity index (χ1) is 10.7. The predicted molar refractivity (Wildman–Crippen MR) is 98.9 cm³/mol. The molecule has 0 bridgehead atoms. The molecular formula is C17H17IN2O3. The van der Waals surface area contributed by atoms with Gasteiger partial charge in [0.15, 0.2) is 0 Å². The topological polar surface area (TPSA) is 72.2 Å². The van der Waals surface area contributed by atoms with Crippen LogP contribution in [0.1, 0.15) is 36.7 Å². The van der Waals surface area contributed by atoms with Gasteiger partial charge in [0.2, 0.25) is 0 Å². The lowest BCUT2D eigenvalue weighted by molar-refractivity contribution is -0.384. The highest BCUT2D eigenvalue weighted by Crippen LogP contribution is 2.24. The Morgan fingerprint density at radius 2 is 1.74 bits per heavy atom. The zero-order chi connectivity index (χ0) is 17.2. The number of nitro benzene ring substituents is 1. The molecule has 120 valence electrons. The summed E-state index contributed by atoms with van der Waals surface area (Å²) in [7, 11) is 0. The Balaban J connectivity index is 2.22. The van der Waals surface area contributed by atoms with Crippen molar-refractivity contribution in [1.82, 2.24) is 0 Å². The first kappa shape index (κ1) is 17.4. The first-order valence-electron chi connectivity index (χ1n) is 7.04. The van der Waals surface area contributed by atoms with Crippen LogP contribution in [-0.2, 0) is 5.41 Å². The summed E-state index contributed by atoms with van der Waals surface area (Å²) >= 11 is 1.99. The van der Waals surface area contributed by atoms with E-state index in [0.29, 0.717) is 14.8 Å². The molecule has 2 rings (SSSR count). The Labute approximate surface area is 148 Å². The van der Waals surface area contributed by atoms with Gasteiger partial charge in [-0.25, -0.2) is 0 Å². The maximum atomic E-state index is 12.4. The van der Waals surface area contributed by atoms with Gasteiger partial charge in [-0.15, -0.1) is 0 Å². The molecule has 0 aliphatic rings. The molecule has 0 aliphatic carbocycles. The number of nitrogens with one attached hydrogen (secondary N) is 1. The average molecular weight is 424 g/mol. The summed E-state index contributed by atoms with van der Waals surface area (Å²) in [5.41, 5.74) is 2.06. The van der Waals surface area contributed by atoms with Crippen LogP contribution in [0.25, 0.3) is 0 Å². The van der Waals surface area contributed by atoms with Crippen molar-refractivity contribution in [2.75, 3.05) is 5.32 Å². The third kappa shape index (κ3) is 4.28. The van der Waals surface area contributed by atoms with E-state index in [1.165, 1.54) is 17.7 Å². The molecule has 2 aromatic rings. The number of non-ortho nitro benzene ring substituents is 1. The fraction of sp³-hybridized carbons (Fsp3) is 0.235. The molecule has 0 radical (unpaired) electrons. The predicted octanol–water partition coefficient (Wildman–Crippen LogP) is 4.75. The van der Waals surface area contributed by atoms with Crippen molar-refractivity contribution in [2.45, 2.75) is 26.2 Å². The van der Waals surface area contributed by atoms with Gasteiger partial charge >= 0.3 is 0 Å². The normalized spacial score (nSPS) is 11.1. The van der Waals surface area contributed by atoms with Crippen molar-refractivity contribution in [2.24, 2.45) is 0 Å².